The number of aromatic nitrogens is 1. The van der Waals surface area contributed by atoms with Crippen LogP contribution in [-0.4, -0.2) is 47.9 Å². The van der Waals surface area contributed by atoms with Crippen LogP contribution in [-0.2, 0) is 9.59 Å². The number of methoxy groups -OCH3 is 1. The number of aliphatic hydroxyl groups excluding tert-OH is 1. The first-order chi connectivity index (χ1) is 18.7. The summed E-state index contributed by atoms with van der Waals surface area (Å²) in [7, 11) is 1.52. The van der Waals surface area contributed by atoms with Crippen LogP contribution in [0.15, 0.2) is 60.7 Å². The Balaban J connectivity index is 1.94. The van der Waals surface area contributed by atoms with Crippen LogP contribution in [0.1, 0.15) is 46.4 Å². The molecule has 1 atom stereocenters. The SMILES string of the molecule is C=CCOc1ccc(C2C(=C(O)c3ccc(OC)cc3)C(=O)C(=O)N2c2nc(C)c(C(C)=O)s2)cc1OCC. The second-order valence-corrected chi connectivity index (χ2v) is 9.58. The van der Waals surface area contributed by atoms with Crippen molar-refractivity contribution in [2.45, 2.75) is 26.8 Å². The van der Waals surface area contributed by atoms with Crippen LogP contribution < -0.4 is 19.1 Å². The summed E-state index contributed by atoms with van der Waals surface area (Å²) in [5.41, 5.74) is 1.14. The Bertz CT molecular complexity index is 1470. The predicted octanol–water partition coefficient (Wildman–Crippen LogP) is 5.25. The minimum Gasteiger partial charge on any atom is -0.507 e. The molecule has 202 valence electrons. The van der Waals surface area contributed by atoms with E-state index in [0.717, 1.165) is 11.3 Å². The molecule has 1 unspecified atom stereocenters. The van der Waals surface area contributed by atoms with Gasteiger partial charge in [-0.25, -0.2) is 4.98 Å². The van der Waals surface area contributed by atoms with Gasteiger partial charge in [-0.1, -0.05) is 30.1 Å². The molecule has 1 N–H and O–H groups in total. The molecule has 1 amide bonds. The first-order valence-corrected chi connectivity index (χ1v) is 13.0. The minimum atomic E-state index is -1.05. The quantitative estimate of drug-likeness (QED) is 0.120. The Morgan fingerprint density at radius 1 is 1.15 bits per heavy atom. The van der Waals surface area contributed by atoms with Crippen molar-refractivity contribution in [3.63, 3.8) is 0 Å². The fraction of sp³-hybridized carbons (Fsp3) is 0.241. The molecule has 9 nitrogen and oxygen atoms in total. The van der Waals surface area contributed by atoms with Crippen molar-refractivity contribution in [2.24, 2.45) is 0 Å². The van der Waals surface area contributed by atoms with Crippen LogP contribution >= 0.6 is 11.3 Å². The van der Waals surface area contributed by atoms with E-state index in [1.807, 2.05) is 6.92 Å². The first-order valence-electron chi connectivity index (χ1n) is 12.2. The monoisotopic (exact) mass is 548 g/mol. The molecule has 1 saturated heterocycles. The molecule has 1 aromatic heterocycles. The molecule has 10 heteroatoms. The molecule has 2 heterocycles. The van der Waals surface area contributed by atoms with Crippen LogP contribution in [0.25, 0.3) is 5.76 Å². The second-order valence-electron chi connectivity index (χ2n) is 8.60. The number of anilines is 1. The molecular weight excluding hydrogens is 520 g/mol. The molecule has 39 heavy (non-hydrogen) atoms. The zero-order valence-corrected chi connectivity index (χ0v) is 22.8. The van der Waals surface area contributed by atoms with Crippen molar-refractivity contribution in [3.05, 3.63) is 82.4 Å². The number of nitrogens with zero attached hydrogens (tertiary/aromatic N) is 2. The molecule has 3 aromatic rings. The number of ketones is 2. The van der Waals surface area contributed by atoms with Crippen molar-refractivity contribution >= 4 is 39.7 Å². The van der Waals surface area contributed by atoms with Crippen LogP contribution in [0, 0.1) is 6.92 Å². The van der Waals surface area contributed by atoms with Gasteiger partial charge in [0.1, 0.15) is 18.1 Å². The first kappa shape index (κ1) is 27.6. The lowest BCUT2D eigenvalue weighted by Gasteiger charge is -2.24. The highest BCUT2D eigenvalue weighted by atomic mass is 32.1. The van der Waals surface area contributed by atoms with Gasteiger partial charge in [0.2, 0.25) is 0 Å². The summed E-state index contributed by atoms with van der Waals surface area (Å²) in [5.74, 6) is -0.893. The van der Waals surface area contributed by atoms with Crippen LogP contribution in [0.3, 0.4) is 0 Å². The molecule has 0 bridgehead atoms. The molecule has 4 rings (SSSR count). The molecule has 0 radical (unpaired) electrons. The van der Waals surface area contributed by atoms with E-state index in [1.165, 1.54) is 18.9 Å². The van der Waals surface area contributed by atoms with Gasteiger partial charge >= 0.3 is 5.91 Å². The van der Waals surface area contributed by atoms with Crippen molar-refractivity contribution < 1.29 is 33.7 Å². The van der Waals surface area contributed by atoms with E-state index < -0.39 is 17.7 Å². The zero-order chi connectivity index (χ0) is 28.3. The van der Waals surface area contributed by atoms with Crippen molar-refractivity contribution in [2.75, 3.05) is 25.2 Å². The minimum absolute atomic E-state index is 0.121. The Morgan fingerprint density at radius 2 is 1.87 bits per heavy atom. The zero-order valence-electron chi connectivity index (χ0n) is 22.0. The predicted molar refractivity (Wildman–Crippen MR) is 148 cm³/mol. The maximum Gasteiger partial charge on any atom is 0.301 e. The van der Waals surface area contributed by atoms with Crippen LogP contribution in [0.5, 0.6) is 17.2 Å². The summed E-state index contributed by atoms with van der Waals surface area (Å²) in [6, 6.07) is 10.5. The highest BCUT2D eigenvalue weighted by Gasteiger charge is 2.48. The lowest BCUT2D eigenvalue weighted by Crippen LogP contribution is -2.29. The van der Waals surface area contributed by atoms with Gasteiger partial charge < -0.3 is 19.3 Å². The largest absolute Gasteiger partial charge is 0.507 e. The number of rotatable bonds is 10. The lowest BCUT2D eigenvalue weighted by molar-refractivity contribution is -0.132. The molecule has 2 aromatic carbocycles. The highest BCUT2D eigenvalue weighted by molar-refractivity contribution is 7.18. The number of aryl methyl sites for hydroxylation is 1. The molecular formula is C29H28N2O7S. The van der Waals surface area contributed by atoms with Gasteiger partial charge in [-0.05, 0) is 55.8 Å². The number of amides is 1. The standard InChI is InChI=1S/C29H28N2O7S/c1-6-14-38-21-13-10-19(15-22(21)37-7-2)24-23(25(33)18-8-11-20(36-5)12-9-18)26(34)28(35)31(24)29-30-16(3)27(39-29)17(4)32/h6,8-13,15,24,33H,1,7,14H2,2-5H3. The van der Waals surface area contributed by atoms with E-state index in [9.17, 15) is 19.5 Å². The Kier molecular flexibility index (Phi) is 8.15. The normalized spacial score (nSPS) is 16.3. The number of thiazole rings is 1. The second kappa shape index (κ2) is 11.5. The third kappa shape index (κ3) is 5.28. The lowest BCUT2D eigenvalue weighted by atomic mass is 9.95. The van der Waals surface area contributed by atoms with E-state index >= 15 is 0 Å². The van der Waals surface area contributed by atoms with Gasteiger partial charge in [0, 0.05) is 12.5 Å². The van der Waals surface area contributed by atoms with Crippen molar-refractivity contribution in [1.82, 2.24) is 4.98 Å². The summed E-state index contributed by atoms with van der Waals surface area (Å²) in [5, 5.41) is 11.5. The highest BCUT2D eigenvalue weighted by Crippen LogP contribution is 2.45. The maximum atomic E-state index is 13.5. The van der Waals surface area contributed by atoms with E-state index in [2.05, 4.69) is 11.6 Å². The number of hydrogen-bond donors (Lipinski definition) is 1. The van der Waals surface area contributed by atoms with Gasteiger partial charge in [0.05, 0.1) is 35.9 Å². The van der Waals surface area contributed by atoms with Crippen LogP contribution in [0.2, 0.25) is 0 Å². The Labute approximate surface area is 230 Å². The van der Waals surface area contributed by atoms with E-state index in [0.29, 0.717) is 45.6 Å². The summed E-state index contributed by atoms with van der Waals surface area (Å²) in [6.07, 6.45) is 1.60. The molecule has 1 aliphatic heterocycles. The van der Waals surface area contributed by atoms with Gasteiger partial charge in [0.25, 0.3) is 5.78 Å². The summed E-state index contributed by atoms with van der Waals surface area (Å²) in [6.45, 7) is 9.15. The Hall–Kier alpha value is -4.44. The number of Topliss-reactive ketones (excluding diaryl/α,β-unsaturated/α-hetero) is 2. The number of hydrogen-bond acceptors (Lipinski definition) is 9. The molecule has 0 aliphatic carbocycles. The fourth-order valence-corrected chi connectivity index (χ4v) is 5.28. The van der Waals surface area contributed by atoms with E-state index in [-0.39, 0.29) is 28.9 Å². The van der Waals surface area contributed by atoms with Gasteiger partial charge in [-0.15, -0.1) is 0 Å². The van der Waals surface area contributed by atoms with Crippen LogP contribution in [0.4, 0.5) is 5.13 Å². The third-order valence-electron chi connectivity index (χ3n) is 6.06. The maximum absolute atomic E-state index is 13.5. The van der Waals surface area contributed by atoms with Crippen molar-refractivity contribution in [1.29, 1.82) is 0 Å². The van der Waals surface area contributed by atoms with Gasteiger partial charge in [-0.3, -0.25) is 19.3 Å². The smallest absolute Gasteiger partial charge is 0.301 e. The molecule has 0 spiro atoms. The van der Waals surface area contributed by atoms with Gasteiger partial charge in [-0.2, -0.15) is 0 Å². The van der Waals surface area contributed by atoms with E-state index in [1.54, 1.807) is 55.5 Å². The average Bonchev–Trinajstić information content (AvgIpc) is 3.44. The Morgan fingerprint density at radius 3 is 2.46 bits per heavy atom. The number of ether oxygens (including phenoxy) is 3. The third-order valence-corrected chi connectivity index (χ3v) is 7.32. The number of benzene rings is 2. The summed E-state index contributed by atoms with van der Waals surface area (Å²) in [4.78, 5) is 45.1. The molecule has 0 saturated carbocycles. The summed E-state index contributed by atoms with van der Waals surface area (Å²) < 4.78 is 16.7. The molecule has 1 aliphatic rings. The number of carbonyl (C=O) groups is 3. The molecule has 1 fully saturated rings. The fourth-order valence-electron chi connectivity index (χ4n) is 4.29. The number of aliphatic hydroxyl groups is 1. The topological polar surface area (TPSA) is 115 Å². The van der Waals surface area contributed by atoms with E-state index in [4.69, 9.17) is 14.2 Å². The average molecular weight is 549 g/mol. The van der Waals surface area contributed by atoms with Gasteiger partial charge in [0.15, 0.2) is 22.4 Å². The number of carbonyl (C=O) groups excluding carboxylic acids is 3. The summed E-state index contributed by atoms with van der Waals surface area (Å²) >= 11 is 1.02. The van der Waals surface area contributed by atoms with Crippen molar-refractivity contribution in [3.8, 4) is 17.2 Å².